The highest BCUT2D eigenvalue weighted by Gasteiger charge is 2.26. The first-order valence-electron chi connectivity index (χ1n) is 8.93. The van der Waals surface area contributed by atoms with Crippen LogP contribution >= 0.6 is 15.9 Å². The van der Waals surface area contributed by atoms with E-state index in [1.165, 1.54) is 0 Å². The number of nitrogens with one attached hydrogen (secondary N) is 1. The van der Waals surface area contributed by atoms with E-state index < -0.39 is 0 Å². The second-order valence-corrected chi connectivity index (χ2v) is 7.39. The van der Waals surface area contributed by atoms with Gasteiger partial charge in [0, 0.05) is 42.4 Å². The maximum Gasteiger partial charge on any atom is 0.272 e. The summed E-state index contributed by atoms with van der Waals surface area (Å²) in [5.74, 6) is -0.142. The molecule has 3 heterocycles. The van der Waals surface area contributed by atoms with E-state index in [1.807, 2.05) is 36.4 Å². The van der Waals surface area contributed by atoms with E-state index in [0.717, 1.165) is 4.47 Å². The minimum Gasteiger partial charge on any atom is -0.335 e. The average molecular weight is 440 g/mol. The number of hydrogen-bond donors (Lipinski definition) is 1. The minimum absolute atomic E-state index is 0.0209. The van der Waals surface area contributed by atoms with Crippen LogP contribution in [0.15, 0.2) is 59.2 Å². The van der Waals surface area contributed by atoms with Gasteiger partial charge in [-0.1, -0.05) is 28.1 Å². The van der Waals surface area contributed by atoms with Crippen molar-refractivity contribution >= 4 is 27.7 Å². The van der Waals surface area contributed by atoms with Gasteiger partial charge in [0.2, 0.25) is 0 Å². The van der Waals surface area contributed by atoms with Crippen LogP contribution in [0.25, 0.3) is 11.4 Å². The van der Waals surface area contributed by atoms with Gasteiger partial charge in [0.15, 0.2) is 0 Å². The number of carbonyl (C=O) groups is 2. The molecule has 3 aromatic rings. The van der Waals surface area contributed by atoms with Gasteiger partial charge in [-0.25, -0.2) is 0 Å². The standard InChI is InChI=1S/C20H18BrN5O2/c21-15-5-3-4-14(12-15)19(27)25-8-10-26(11-9-25)20(28)18-13-17(23-24-18)16-6-1-2-7-22-16/h1-7,12-13H,8-11H2,(H,23,24). The SMILES string of the molecule is O=C(c1cccc(Br)c1)N1CCN(C(=O)c2cc(-c3ccccn3)n[nH]2)CC1. The molecule has 142 valence electrons. The summed E-state index contributed by atoms with van der Waals surface area (Å²) in [5, 5.41) is 6.99. The van der Waals surface area contributed by atoms with Crippen LogP contribution in [0.4, 0.5) is 0 Å². The number of nitrogens with zero attached hydrogens (tertiary/aromatic N) is 4. The van der Waals surface area contributed by atoms with Crippen molar-refractivity contribution in [3.05, 3.63) is 70.5 Å². The van der Waals surface area contributed by atoms with Crippen molar-refractivity contribution in [2.45, 2.75) is 0 Å². The number of aromatic amines is 1. The quantitative estimate of drug-likeness (QED) is 0.679. The molecule has 2 aromatic heterocycles. The zero-order valence-corrected chi connectivity index (χ0v) is 16.6. The predicted octanol–water partition coefficient (Wildman–Crippen LogP) is 2.83. The third kappa shape index (κ3) is 3.82. The Bertz CT molecular complexity index is 997. The van der Waals surface area contributed by atoms with Crippen molar-refractivity contribution in [3.63, 3.8) is 0 Å². The summed E-state index contributed by atoms with van der Waals surface area (Å²) < 4.78 is 0.870. The lowest BCUT2D eigenvalue weighted by molar-refractivity contribution is 0.0532. The van der Waals surface area contributed by atoms with Crippen molar-refractivity contribution < 1.29 is 9.59 Å². The maximum atomic E-state index is 12.8. The first-order chi connectivity index (χ1) is 13.6. The summed E-state index contributed by atoms with van der Waals surface area (Å²) in [6, 6.07) is 14.6. The Morgan fingerprint density at radius 3 is 2.32 bits per heavy atom. The van der Waals surface area contributed by atoms with Gasteiger partial charge in [0.25, 0.3) is 11.8 Å². The normalized spacial score (nSPS) is 14.2. The molecule has 0 bridgehead atoms. The predicted molar refractivity (Wildman–Crippen MR) is 108 cm³/mol. The minimum atomic E-state index is -0.121. The molecule has 0 unspecified atom stereocenters. The number of rotatable bonds is 3. The fourth-order valence-electron chi connectivity index (χ4n) is 3.16. The van der Waals surface area contributed by atoms with Crippen molar-refractivity contribution in [1.82, 2.24) is 25.0 Å². The molecule has 7 nitrogen and oxygen atoms in total. The number of pyridine rings is 1. The third-order valence-electron chi connectivity index (χ3n) is 4.66. The van der Waals surface area contributed by atoms with Crippen LogP contribution in [-0.4, -0.2) is 63.0 Å². The molecular weight excluding hydrogens is 422 g/mol. The van der Waals surface area contributed by atoms with Crippen molar-refractivity contribution in [3.8, 4) is 11.4 Å². The molecule has 1 aliphatic heterocycles. The zero-order valence-electron chi connectivity index (χ0n) is 15.0. The molecule has 28 heavy (non-hydrogen) atoms. The second kappa shape index (κ2) is 7.93. The van der Waals surface area contributed by atoms with Crippen LogP contribution in [0.2, 0.25) is 0 Å². The van der Waals surface area contributed by atoms with Crippen molar-refractivity contribution in [2.75, 3.05) is 26.2 Å². The van der Waals surface area contributed by atoms with Gasteiger partial charge in [-0.05, 0) is 36.4 Å². The van der Waals surface area contributed by atoms with Crippen LogP contribution in [0, 0.1) is 0 Å². The van der Waals surface area contributed by atoms with E-state index >= 15 is 0 Å². The third-order valence-corrected chi connectivity index (χ3v) is 5.15. The molecule has 1 fully saturated rings. The molecule has 1 aliphatic rings. The molecule has 0 saturated carbocycles. The Kier molecular flexibility index (Phi) is 5.21. The highest BCUT2D eigenvalue weighted by molar-refractivity contribution is 9.10. The zero-order chi connectivity index (χ0) is 19.5. The van der Waals surface area contributed by atoms with Crippen molar-refractivity contribution in [1.29, 1.82) is 0 Å². The van der Waals surface area contributed by atoms with E-state index in [9.17, 15) is 9.59 Å². The number of aromatic nitrogens is 3. The van der Waals surface area contributed by atoms with Crippen LogP contribution in [0.3, 0.4) is 0 Å². The number of halogens is 1. The van der Waals surface area contributed by atoms with Crippen LogP contribution in [0.5, 0.6) is 0 Å². The fourth-order valence-corrected chi connectivity index (χ4v) is 3.56. The Hall–Kier alpha value is -3.00. The first-order valence-corrected chi connectivity index (χ1v) is 9.72. The van der Waals surface area contributed by atoms with Crippen LogP contribution in [-0.2, 0) is 0 Å². The molecule has 2 amide bonds. The van der Waals surface area contributed by atoms with E-state index in [2.05, 4.69) is 31.1 Å². The Morgan fingerprint density at radius 1 is 0.893 bits per heavy atom. The van der Waals surface area contributed by atoms with Gasteiger partial charge < -0.3 is 9.80 Å². The topological polar surface area (TPSA) is 82.2 Å². The van der Waals surface area contributed by atoms with E-state index in [1.54, 1.807) is 28.1 Å². The molecule has 1 saturated heterocycles. The summed E-state index contributed by atoms with van der Waals surface area (Å²) >= 11 is 3.39. The fraction of sp³-hybridized carbons (Fsp3) is 0.200. The molecule has 1 N–H and O–H groups in total. The molecule has 4 rings (SSSR count). The summed E-state index contributed by atoms with van der Waals surface area (Å²) in [5.41, 5.74) is 2.41. The molecule has 0 aliphatic carbocycles. The number of piperazine rings is 1. The maximum absolute atomic E-state index is 12.8. The summed E-state index contributed by atoms with van der Waals surface area (Å²) in [6.45, 7) is 1.96. The van der Waals surface area contributed by atoms with E-state index in [4.69, 9.17) is 0 Å². The van der Waals surface area contributed by atoms with Gasteiger partial charge in [0.05, 0.1) is 5.69 Å². The Balaban J connectivity index is 1.39. The Labute approximate surface area is 170 Å². The number of benzene rings is 1. The van der Waals surface area contributed by atoms with Crippen LogP contribution in [0.1, 0.15) is 20.8 Å². The molecule has 0 atom stereocenters. The molecule has 1 aromatic carbocycles. The number of H-pyrrole nitrogens is 1. The smallest absolute Gasteiger partial charge is 0.272 e. The number of amides is 2. The number of hydrogen-bond acceptors (Lipinski definition) is 4. The van der Waals surface area contributed by atoms with E-state index in [0.29, 0.717) is 48.8 Å². The van der Waals surface area contributed by atoms with Gasteiger partial charge in [-0.2, -0.15) is 5.10 Å². The van der Waals surface area contributed by atoms with Crippen LogP contribution < -0.4 is 0 Å². The number of carbonyl (C=O) groups excluding carboxylic acids is 2. The molecule has 0 spiro atoms. The monoisotopic (exact) mass is 439 g/mol. The summed E-state index contributed by atoms with van der Waals surface area (Å²) in [6.07, 6.45) is 1.69. The van der Waals surface area contributed by atoms with Gasteiger partial charge in [0.1, 0.15) is 11.4 Å². The van der Waals surface area contributed by atoms with Gasteiger partial charge in [-0.15, -0.1) is 0 Å². The second-order valence-electron chi connectivity index (χ2n) is 6.48. The highest BCUT2D eigenvalue weighted by Crippen LogP contribution is 2.17. The highest BCUT2D eigenvalue weighted by atomic mass is 79.9. The van der Waals surface area contributed by atoms with Crippen molar-refractivity contribution in [2.24, 2.45) is 0 Å². The lowest BCUT2D eigenvalue weighted by atomic mass is 10.1. The van der Waals surface area contributed by atoms with Gasteiger partial charge >= 0.3 is 0 Å². The van der Waals surface area contributed by atoms with Gasteiger partial charge in [-0.3, -0.25) is 19.7 Å². The molecular formula is C20H18BrN5O2. The lowest BCUT2D eigenvalue weighted by Crippen LogP contribution is -2.50. The summed E-state index contributed by atoms with van der Waals surface area (Å²) in [4.78, 5) is 33.2. The molecule has 8 heteroatoms. The first kappa shape index (κ1) is 18.4. The average Bonchev–Trinajstić information content (AvgIpc) is 3.24. The van der Waals surface area contributed by atoms with E-state index in [-0.39, 0.29) is 11.8 Å². The lowest BCUT2D eigenvalue weighted by Gasteiger charge is -2.34. The Morgan fingerprint density at radius 2 is 1.64 bits per heavy atom. The molecule has 0 radical (unpaired) electrons. The summed E-state index contributed by atoms with van der Waals surface area (Å²) in [7, 11) is 0. The largest absolute Gasteiger partial charge is 0.335 e.